The van der Waals surface area contributed by atoms with Crippen LogP contribution >= 0.6 is 0 Å². The summed E-state index contributed by atoms with van der Waals surface area (Å²) in [4.78, 5) is 17.3. The number of aliphatic imine (C=N–C) groups is 1. The Kier molecular flexibility index (Phi) is 8.16. The van der Waals surface area contributed by atoms with Crippen LogP contribution in [0.1, 0.15) is 22.3 Å². The standard InChI is InChI=1S/C34H4F8N12/c1-50-9-13(8-49)17-25(38)21-29(54-33(17)42)28-20(24(37)16(32(41)53-28)12(6-47)7-48)34(21)18-22(35)14(10(2-43)3-44)30(39)51-26(18)27-19(34)23(36)15(31(40)52-27)11(4-45)5-46/h9H,1H3/b17-13-,50-9+. The van der Waals surface area contributed by atoms with Gasteiger partial charge in [-0.2, -0.15) is 54.4 Å². The number of rotatable bonds is 1. The molecule has 0 N–H and O–H groups in total. The van der Waals surface area contributed by atoms with Crippen molar-refractivity contribution in [3.63, 3.8) is 0 Å². The topological polar surface area (TPSA) is 230 Å². The third kappa shape index (κ3) is 4.25. The monoisotopic (exact) mass is 732 g/mol. The van der Waals surface area contributed by atoms with Gasteiger partial charge in [0.05, 0.1) is 31.9 Å². The highest BCUT2D eigenvalue weighted by molar-refractivity contribution is 6.08. The van der Waals surface area contributed by atoms with E-state index in [2.05, 4.69) is 24.9 Å². The fourth-order valence-corrected chi connectivity index (χ4v) is 6.48. The molecule has 0 fully saturated rings. The maximum Gasteiger partial charge on any atom is 0.225 e. The van der Waals surface area contributed by atoms with Crippen LogP contribution in [0.3, 0.4) is 0 Å². The van der Waals surface area contributed by atoms with Crippen molar-refractivity contribution in [1.29, 1.82) is 36.8 Å². The van der Waals surface area contributed by atoms with Crippen molar-refractivity contribution in [2.45, 2.75) is 5.41 Å². The number of halogens is 8. The van der Waals surface area contributed by atoms with Gasteiger partial charge in [-0.1, -0.05) is 0 Å². The smallest absolute Gasteiger partial charge is 0.225 e. The van der Waals surface area contributed by atoms with Gasteiger partial charge in [-0.3, -0.25) is 4.99 Å². The summed E-state index contributed by atoms with van der Waals surface area (Å²) in [5.41, 5.74) is -14.6. The molecular weight excluding hydrogens is 728 g/mol. The summed E-state index contributed by atoms with van der Waals surface area (Å²) < 4.78 is 132. The lowest BCUT2D eigenvalue weighted by Gasteiger charge is -2.31. The summed E-state index contributed by atoms with van der Waals surface area (Å²) in [6.07, 6.45) is 0.603. The first-order chi connectivity index (χ1) is 25.8. The average molecular weight is 732 g/mol. The van der Waals surface area contributed by atoms with E-state index in [-0.39, 0.29) is 0 Å². The summed E-state index contributed by atoms with van der Waals surface area (Å²) in [6, 6.07) is 8.43. The fraction of sp³-hybridized carbons (Fsp3) is 0.0588. The van der Waals surface area contributed by atoms with Crippen molar-refractivity contribution in [2.75, 3.05) is 7.05 Å². The molecule has 6 rings (SSSR count). The lowest BCUT2D eigenvalue weighted by atomic mass is 9.69. The largest absolute Gasteiger partial charge is 0.295 e. The Bertz CT molecular complexity index is 3210. The second kappa shape index (κ2) is 12.4. The first-order valence-corrected chi connectivity index (χ1v) is 14.1. The van der Waals surface area contributed by atoms with Crippen LogP contribution in [0.2, 0.25) is 0 Å². The Hall–Kier alpha value is -8.38. The zero-order chi connectivity index (χ0) is 39.5. The van der Waals surface area contributed by atoms with Crippen LogP contribution in [-0.2, 0) is 5.41 Å². The van der Waals surface area contributed by atoms with Gasteiger partial charge in [0.1, 0.15) is 104 Å². The summed E-state index contributed by atoms with van der Waals surface area (Å²) in [6.45, 7) is 0. The fourth-order valence-electron chi connectivity index (χ4n) is 6.48. The molecule has 1 spiro atoms. The van der Waals surface area contributed by atoms with Gasteiger partial charge in [0.25, 0.3) is 0 Å². The summed E-state index contributed by atoms with van der Waals surface area (Å²) in [5, 5.41) is 55.6. The maximum atomic E-state index is 17.4. The first-order valence-electron chi connectivity index (χ1n) is 14.1. The number of hydrogen-bond donors (Lipinski definition) is 0. The molecule has 256 valence electrons. The Morgan fingerprint density at radius 3 is 0.963 bits per heavy atom. The number of nitrogens with zero attached hydrogens (tertiary/aromatic N) is 12. The van der Waals surface area contributed by atoms with Crippen LogP contribution < -0.4 is 20.9 Å². The molecule has 2 aliphatic rings. The van der Waals surface area contributed by atoms with Crippen LogP contribution in [0.4, 0.5) is 35.1 Å². The van der Waals surface area contributed by atoms with E-state index in [0.717, 1.165) is 7.05 Å². The molecule has 0 aromatic carbocycles. The van der Waals surface area contributed by atoms with Crippen molar-refractivity contribution in [3.05, 3.63) is 112 Å². The number of aromatic nitrogens is 4. The summed E-state index contributed by atoms with van der Waals surface area (Å²) in [7, 11) is 1.06. The molecule has 0 bridgehead atoms. The zero-order valence-corrected chi connectivity index (χ0v) is 26.0. The lowest BCUT2D eigenvalue weighted by molar-refractivity contribution is 0.471. The van der Waals surface area contributed by atoms with E-state index in [1.165, 1.54) is 42.5 Å². The molecule has 0 radical (unpaired) electrons. The number of fused-ring (bicyclic) bond motifs is 8. The predicted octanol–water partition coefficient (Wildman–Crippen LogP) is 0.931. The van der Waals surface area contributed by atoms with Crippen molar-refractivity contribution >= 4 is 28.5 Å². The van der Waals surface area contributed by atoms with Gasteiger partial charge in [-0.15, -0.1) is 0 Å². The van der Waals surface area contributed by atoms with E-state index >= 15 is 35.1 Å². The van der Waals surface area contributed by atoms with E-state index in [1.54, 1.807) is 0 Å². The molecular formula is C34H4F8N12. The number of hydrogen-bond acceptors (Lipinski definition) is 12. The van der Waals surface area contributed by atoms with Gasteiger partial charge in [0.2, 0.25) is 23.8 Å². The number of nitriles is 7. The van der Waals surface area contributed by atoms with Gasteiger partial charge in [0, 0.05) is 35.5 Å². The van der Waals surface area contributed by atoms with Crippen LogP contribution in [0, 0.1) is 148 Å². The highest BCUT2D eigenvalue weighted by Gasteiger charge is 2.57. The van der Waals surface area contributed by atoms with Gasteiger partial charge in [-0.05, 0) is 0 Å². The first kappa shape index (κ1) is 35.4. The predicted molar refractivity (Wildman–Crippen MR) is 157 cm³/mol. The minimum absolute atomic E-state index is 0.603. The molecule has 0 unspecified atom stereocenters. The van der Waals surface area contributed by atoms with Crippen molar-refractivity contribution < 1.29 is 35.1 Å². The van der Waals surface area contributed by atoms with Crippen molar-refractivity contribution in [3.8, 4) is 42.5 Å². The third-order valence-corrected chi connectivity index (χ3v) is 8.39. The van der Waals surface area contributed by atoms with Gasteiger partial charge in [0.15, 0.2) is 0 Å². The van der Waals surface area contributed by atoms with E-state index in [9.17, 15) is 36.8 Å². The molecule has 0 saturated heterocycles. The minimum atomic E-state index is -3.64. The van der Waals surface area contributed by atoms with Crippen molar-refractivity contribution in [2.24, 2.45) is 4.99 Å². The van der Waals surface area contributed by atoms with E-state index in [1.807, 2.05) is 0 Å². The highest BCUT2D eigenvalue weighted by atomic mass is 19.2. The normalized spacial score (nSPS) is 12.8. The maximum absolute atomic E-state index is 17.4. The van der Waals surface area contributed by atoms with E-state index < -0.39 is 139 Å². The molecule has 20 heteroatoms. The molecule has 0 aliphatic heterocycles. The minimum Gasteiger partial charge on any atom is -0.295 e. The Morgan fingerprint density at radius 2 is 0.722 bits per heavy atom. The van der Waals surface area contributed by atoms with E-state index in [4.69, 9.17) is 0 Å². The quantitative estimate of drug-likeness (QED) is 0.131. The molecule has 4 heterocycles. The molecule has 54 heavy (non-hydrogen) atoms. The lowest BCUT2D eigenvalue weighted by Crippen LogP contribution is -2.40. The zero-order valence-electron chi connectivity index (χ0n) is 26.0. The highest BCUT2D eigenvalue weighted by Crippen LogP contribution is 2.53. The number of pyridine rings is 4. The second-order valence-electron chi connectivity index (χ2n) is 10.7. The molecule has 4 aromatic rings. The van der Waals surface area contributed by atoms with Gasteiger partial charge < -0.3 is 0 Å². The Labute approximate surface area is 291 Å². The molecule has 4 aromatic heterocycles. The second-order valence-corrected chi connectivity index (χ2v) is 10.7. The van der Waals surface area contributed by atoms with Crippen molar-refractivity contribution in [1.82, 2.24) is 19.9 Å². The molecule has 2 aliphatic carbocycles. The third-order valence-electron chi connectivity index (χ3n) is 8.39. The molecule has 0 atom stereocenters. The van der Waals surface area contributed by atoms with Crippen LogP contribution in [-0.4, -0.2) is 33.2 Å². The van der Waals surface area contributed by atoms with Crippen LogP contribution in [0.15, 0.2) is 4.99 Å². The van der Waals surface area contributed by atoms with Gasteiger partial charge in [-0.25, -0.2) is 37.5 Å². The molecule has 0 amide bonds. The van der Waals surface area contributed by atoms with Crippen LogP contribution in [0.25, 0.3) is 22.3 Å². The molecule has 0 saturated carbocycles. The Morgan fingerprint density at radius 1 is 0.463 bits per heavy atom. The van der Waals surface area contributed by atoms with E-state index in [0.29, 0.717) is 6.21 Å². The molecule has 12 nitrogen and oxygen atoms in total. The average Bonchev–Trinajstić information content (AvgIpc) is 3.58. The van der Waals surface area contributed by atoms with Crippen LogP contribution in [0.5, 0.6) is 0 Å². The summed E-state index contributed by atoms with van der Waals surface area (Å²) in [5.74, 6) is -16.4. The van der Waals surface area contributed by atoms with Gasteiger partial charge >= 0.3 is 0 Å². The Balaban J connectivity index is 2.22. The SMILES string of the molecule is C/N=C/C(C#N)=c1\c(F)nc2c(c1F)C1(c3c(F)c(=C(C#N)C#N)c(F)nc3=c3nc(F)c(=C(C#N)C#N)c(F)c31)c1c(F)c(=C(C#N)C#N)c(F)nc1=2. The summed E-state index contributed by atoms with van der Waals surface area (Å²) >= 11 is 0.